The van der Waals surface area contributed by atoms with E-state index in [0.717, 1.165) is 6.42 Å². The number of hydrogen-bond donors (Lipinski definition) is 0. The summed E-state index contributed by atoms with van der Waals surface area (Å²) in [5.74, 6) is 0. The minimum atomic E-state index is -1.97. The van der Waals surface area contributed by atoms with Crippen molar-refractivity contribution >= 4 is 14.6 Å². The van der Waals surface area contributed by atoms with Gasteiger partial charge in [-0.1, -0.05) is 0 Å². The van der Waals surface area contributed by atoms with Crippen molar-refractivity contribution in [1.82, 2.24) is 0 Å². The van der Waals surface area contributed by atoms with Crippen LogP contribution in [0, 0.1) is 0 Å². The summed E-state index contributed by atoms with van der Waals surface area (Å²) in [6.07, 6.45) is 7.50. The molecular weight excluding hydrogens is 478 g/mol. The topological polar surface area (TPSA) is 0 Å². The molecule has 0 amide bonds. The fourth-order valence-electron chi connectivity index (χ4n) is 4.38. The predicted octanol–water partition coefficient (Wildman–Crippen LogP) is -0.187. The number of benzene rings is 2. The average Bonchev–Trinajstić information content (AvgIpc) is 3.20. The monoisotopic (exact) mass is 504 g/mol. The maximum atomic E-state index is 2.62. The van der Waals surface area contributed by atoms with Crippen LogP contribution in [0.15, 0.2) is 63.1 Å². The number of rotatable bonds is 3. The first-order valence-corrected chi connectivity index (χ1v) is 16.8. The number of allylic oxidation sites excluding steroid dienone is 4. The molecular formula is C24H28Cl2SiZr. The molecule has 4 heteroatoms. The van der Waals surface area contributed by atoms with E-state index >= 15 is 0 Å². The summed E-state index contributed by atoms with van der Waals surface area (Å²) in [6.45, 7) is 12.2. The zero-order chi connectivity index (χ0) is 18.5. The third-order valence-corrected chi connectivity index (χ3v) is 15.1. The van der Waals surface area contributed by atoms with Gasteiger partial charge in [0.05, 0.1) is 0 Å². The van der Waals surface area contributed by atoms with Gasteiger partial charge in [0.2, 0.25) is 0 Å². The van der Waals surface area contributed by atoms with E-state index in [1.54, 1.807) is 20.5 Å². The van der Waals surface area contributed by atoms with E-state index in [1.165, 1.54) is 23.1 Å². The zero-order valence-corrected chi connectivity index (χ0v) is 22.3. The van der Waals surface area contributed by atoms with Crippen molar-refractivity contribution in [1.29, 1.82) is 0 Å². The molecule has 0 unspecified atom stereocenters. The Bertz CT molecular complexity index is 990. The van der Waals surface area contributed by atoms with Crippen molar-refractivity contribution in [3.8, 4) is 11.1 Å². The van der Waals surface area contributed by atoms with Gasteiger partial charge < -0.3 is 24.8 Å². The summed E-state index contributed by atoms with van der Waals surface area (Å²) in [5, 5.41) is 1.67. The molecule has 0 N–H and O–H groups in total. The first-order valence-electron chi connectivity index (χ1n) is 9.66. The van der Waals surface area contributed by atoms with E-state index in [0.29, 0.717) is 0 Å². The van der Waals surface area contributed by atoms with Gasteiger partial charge in [-0.15, -0.1) is 0 Å². The van der Waals surface area contributed by atoms with Crippen LogP contribution in [0.1, 0.15) is 31.4 Å². The van der Waals surface area contributed by atoms with Gasteiger partial charge in [-0.05, 0) is 0 Å². The van der Waals surface area contributed by atoms with Gasteiger partial charge in [-0.25, -0.2) is 0 Å². The van der Waals surface area contributed by atoms with E-state index in [1.807, 2.05) is 0 Å². The fourth-order valence-corrected chi connectivity index (χ4v) is 13.2. The minimum absolute atomic E-state index is 0. The Morgan fingerprint density at radius 2 is 1.57 bits per heavy atom. The molecule has 0 heterocycles. The maximum absolute atomic E-state index is 2.62. The summed E-state index contributed by atoms with van der Waals surface area (Å²) < 4.78 is 5.21. The van der Waals surface area contributed by atoms with Gasteiger partial charge >= 0.3 is 167 Å². The Balaban J connectivity index is 0.00000140. The SMILES string of the molecule is C[C](C)=[Zr+2]([C]1=CC([Si](C)(C)C)=CC1)[c]1cccc2c1Cc1ccccc1-2.[Cl-].[Cl-]. The molecule has 2 aromatic carbocycles. The zero-order valence-electron chi connectivity index (χ0n) is 17.4. The van der Waals surface area contributed by atoms with Crippen molar-refractivity contribution < 1.29 is 46.1 Å². The third-order valence-electron chi connectivity index (χ3n) is 5.68. The molecule has 28 heavy (non-hydrogen) atoms. The predicted molar refractivity (Wildman–Crippen MR) is 115 cm³/mol. The summed E-state index contributed by atoms with van der Waals surface area (Å²) in [5.41, 5.74) is 6.09. The molecule has 0 saturated heterocycles. The summed E-state index contributed by atoms with van der Waals surface area (Å²) in [7, 11) is -1.21. The molecule has 0 aliphatic heterocycles. The molecule has 0 atom stereocenters. The summed E-state index contributed by atoms with van der Waals surface area (Å²) in [4.78, 5) is 0. The number of halogens is 2. The second-order valence-electron chi connectivity index (χ2n) is 8.82. The van der Waals surface area contributed by atoms with Crippen LogP contribution in [0.4, 0.5) is 0 Å². The van der Waals surface area contributed by atoms with Crippen molar-refractivity contribution in [3.63, 3.8) is 0 Å². The standard InChI is InChI=1S/C13H9.C8H13Si.C3H6.2ClH.Zr/c1-3-7-12-10(5-1)9-11-6-2-4-8-13(11)12;1-9(2,3)8-6-4-5-7-8;1-3-2;;;/h1-5,7-8H,9H2;6-7H,4H2,1-3H3;1-2H3;2*1H;/q;;;;;+2/p-2. The van der Waals surface area contributed by atoms with Crippen LogP contribution in [-0.2, 0) is 27.7 Å². The van der Waals surface area contributed by atoms with E-state index in [-0.39, 0.29) is 24.8 Å². The maximum Gasteiger partial charge on any atom is -1.00 e. The van der Waals surface area contributed by atoms with Crippen molar-refractivity contribution in [2.24, 2.45) is 0 Å². The molecule has 0 spiro atoms. The van der Waals surface area contributed by atoms with Crippen LogP contribution in [0.25, 0.3) is 11.1 Å². The van der Waals surface area contributed by atoms with Crippen LogP contribution in [0.2, 0.25) is 19.6 Å². The van der Waals surface area contributed by atoms with E-state index in [2.05, 4.69) is 88.1 Å². The third kappa shape index (κ3) is 4.31. The molecule has 4 rings (SSSR count). The van der Waals surface area contributed by atoms with Gasteiger partial charge in [0.1, 0.15) is 0 Å². The van der Waals surface area contributed by atoms with Crippen LogP contribution in [0.5, 0.6) is 0 Å². The molecule has 0 radical (unpaired) electrons. The summed E-state index contributed by atoms with van der Waals surface area (Å²) >= 11 is -1.97. The molecule has 0 fully saturated rings. The Labute approximate surface area is 191 Å². The molecule has 0 aromatic heterocycles. The van der Waals surface area contributed by atoms with Gasteiger partial charge in [0.25, 0.3) is 0 Å². The Kier molecular flexibility index (Phi) is 7.71. The van der Waals surface area contributed by atoms with Crippen LogP contribution in [0.3, 0.4) is 0 Å². The smallest absolute Gasteiger partial charge is 1.00 e. The number of hydrogen-bond acceptors (Lipinski definition) is 0. The number of fused-ring (bicyclic) bond motifs is 3. The second-order valence-corrected chi connectivity index (χ2v) is 21.1. The van der Waals surface area contributed by atoms with Gasteiger partial charge in [-0.2, -0.15) is 0 Å². The molecule has 0 saturated carbocycles. The average molecular weight is 507 g/mol. The molecule has 146 valence electrons. The molecule has 2 aliphatic carbocycles. The minimum Gasteiger partial charge on any atom is -1.00 e. The van der Waals surface area contributed by atoms with Crippen LogP contribution in [-0.4, -0.2) is 11.3 Å². The normalized spacial score (nSPS) is 13.9. The van der Waals surface area contributed by atoms with Gasteiger partial charge in [0.15, 0.2) is 0 Å². The Morgan fingerprint density at radius 3 is 2.21 bits per heavy atom. The van der Waals surface area contributed by atoms with Crippen LogP contribution >= 0.6 is 0 Å². The van der Waals surface area contributed by atoms with E-state index in [9.17, 15) is 0 Å². The van der Waals surface area contributed by atoms with E-state index in [4.69, 9.17) is 0 Å². The quantitative estimate of drug-likeness (QED) is 0.433. The first kappa shape index (κ1) is 23.7. The van der Waals surface area contributed by atoms with Crippen molar-refractivity contribution in [3.05, 3.63) is 74.2 Å². The van der Waals surface area contributed by atoms with Crippen molar-refractivity contribution in [2.45, 2.75) is 46.3 Å². The molecule has 2 aromatic rings. The molecule has 2 aliphatic rings. The molecule has 0 bridgehead atoms. The van der Waals surface area contributed by atoms with Crippen LogP contribution < -0.4 is 28.1 Å². The summed E-state index contributed by atoms with van der Waals surface area (Å²) in [6, 6.07) is 16.1. The van der Waals surface area contributed by atoms with Crippen molar-refractivity contribution in [2.75, 3.05) is 0 Å². The van der Waals surface area contributed by atoms with E-state index < -0.39 is 29.3 Å². The van der Waals surface area contributed by atoms with Gasteiger partial charge in [-0.3, -0.25) is 0 Å². The Hall–Kier alpha value is -0.530. The first-order chi connectivity index (χ1) is 12.4. The van der Waals surface area contributed by atoms with Gasteiger partial charge in [0, 0.05) is 0 Å². The second kappa shape index (κ2) is 9.09. The molecule has 0 nitrogen and oxygen atoms in total. The Morgan fingerprint density at radius 1 is 0.893 bits per heavy atom. The largest absolute Gasteiger partial charge is 1.00 e. The fraction of sp³-hybridized carbons (Fsp3) is 0.292.